The van der Waals surface area contributed by atoms with Gasteiger partial charge in [0, 0.05) is 10.8 Å². The quantitative estimate of drug-likeness (QED) is 0.780. The number of fused-ring (bicyclic) bond motifs is 1. The molecule has 0 aliphatic rings. The van der Waals surface area contributed by atoms with Crippen LogP contribution in [0.25, 0.3) is 10.8 Å². The molecule has 0 amide bonds. The van der Waals surface area contributed by atoms with Crippen molar-refractivity contribution in [3.8, 4) is 0 Å². The number of rotatable bonds is 6. The molecule has 0 radical (unpaired) electrons. The van der Waals surface area contributed by atoms with E-state index < -0.39 is 33.2 Å². The Balaban J connectivity index is 2.93. The molecule has 3 unspecified atom stereocenters. The molecule has 0 fully saturated rings. The zero-order chi connectivity index (χ0) is 16.3. The van der Waals surface area contributed by atoms with Gasteiger partial charge in [-0.2, -0.15) is 0 Å². The molecule has 2 rings (SSSR count). The third-order valence-corrected chi connectivity index (χ3v) is 6.09. The highest BCUT2D eigenvalue weighted by molar-refractivity contribution is 7.83. The molecule has 0 saturated heterocycles. The number of hydrogen-bond donors (Lipinski definition) is 0. The summed E-state index contributed by atoms with van der Waals surface area (Å²) in [6.45, 7) is 0. The first-order chi connectivity index (χ1) is 10.5. The monoisotopic (exact) mass is 362 g/mol. The summed E-state index contributed by atoms with van der Waals surface area (Å²) >= 11 is -5.45. The van der Waals surface area contributed by atoms with Crippen molar-refractivity contribution < 1.29 is 25.2 Å². The molecular weight excluding hydrogens is 348 g/mol. The second-order valence-corrected chi connectivity index (χ2v) is 7.65. The summed E-state index contributed by atoms with van der Waals surface area (Å²) in [5, 5.41) is 1.10. The van der Waals surface area contributed by atoms with Crippen LogP contribution in [-0.2, 0) is 45.8 Å². The fourth-order valence-corrected chi connectivity index (χ4v) is 4.62. The second-order valence-electron chi connectivity index (χ2n) is 3.95. The topological polar surface area (TPSA) is 78.9 Å². The minimum atomic E-state index is -1.87. The van der Waals surface area contributed by atoms with Crippen molar-refractivity contribution in [3.63, 3.8) is 0 Å². The van der Waals surface area contributed by atoms with E-state index in [1.165, 1.54) is 27.4 Å². The standard InChI is InChI=1S/C13H14O6S3/c1-17-20(14)11-8-12(21(15)18-2)13(22(16)19-3)10-7-5-4-6-9(10)11/h4-8H,1-3H3. The lowest BCUT2D eigenvalue weighted by Crippen LogP contribution is -2.07. The Morgan fingerprint density at radius 2 is 1.23 bits per heavy atom. The lowest BCUT2D eigenvalue weighted by Gasteiger charge is -2.13. The number of hydrogen-bond acceptors (Lipinski definition) is 6. The molecule has 9 heteroatoms. The van der Waals surface area contributed by atoms with E-state index in [2.05, 4.69) is 0 Å². The van der Waals surface area contributed by atoms with Gasteiger partial charge in [0.15, 0.2) is 33.2 Å². The lowest BCUT2D eigenvalue weighted by atomic mass is 10.1. The van der Waals surface area contributed by atoms with E-state index in [-0.39, 0.29) is 9.79 Å². The third-order valence-electron chi connectivity index (χ3n) is 2.90. The highest BCUT2D eigenvalue weighted by Gasteiger charge is 2.23. The average Bonchev–Trinajstić information content (AvgIpc) is 2.58. The molecule has 22 heavy (non-hydrogen) atoms. The SMILES string of the molecule is COS(=O)c1cc(S(=O)OC)c2ccccc2c1S(=O)OC. The minimum absolute atomic E-state index is 0.141. The van der Waals surface area contributed by atoms with Crippen molar-refractivity contribution in [2.24, 2.45) is 0 Å². The lowest BCUT2D eigenvalue weighted by molar-refractivity contribution is 0.436. The van der Waals surface area contributed by atoms with Crippen molar-refractivity contribution in [1.29, 1.82) is 0 Å². The van der Waals surface area contributed by atoms with Crippen molar-refractivity contribution in [2.45, 2.75) is 14.7 Å². The average molecular weight is 362 g/mol. The molecule has 0 N–H and O–H groups in total. The maximum atomic E-state index is 12.2. The molecule has 6 nitrogen and oxygen atoms in total. The second kappa shape index (κ2) is 7.53. The predicted octanol–water partition coefficient (Wildman–Crippen LogP) is 1.85. The van der Waals surface area contributed by atoms with Gasteiger partial charge < -0.3 is 0 Å². The maximum absolute atomic E-state index is 12.2. The largest absolute Gasteiger partial charge is 0.290 e. The van der Waals surface area contributed by atoms with Crippen molar-refractivity contribution in [3.05, 3.63) is 30.3 Å². The van der Waals surface area contributed by atoms with E-state index in [0.29, 0.717) is 15.7 Å². The molecule has 0 aliphatic carbocycles. The van der Waals surface area contributed by atoms with Gasteiger partial charge in [-0.05, 0) is 6.07 Å². The summed E-state index contributed by atoms with van der Waals surface area (Å²) in [6.07, 6.45) is 0. The Morgan fingerprint density at radius 1 is 0.727 bits per heavy atom. The summed E-state index contributed by atoms with van der Waals surface area (Å²) in [4.78, 5) is 0.701. The Morgan fingerprint density at radius 3 is 1.77 bits per heavy atom. The van der Waals surface area contributed by atoms with E-state index in [9.17, 15) is 12.6 Å². The Bertz CT molecular complexity index is 774. The van der Waals surface area contributed by atoms with Gasteiger partial charge in [0.25, 0.3) is 0 Å². The molecule has 120 valence electrons. The molecule has 0 heterocycles. The summed E-state index contributed by atoms with van der Waals surface area (Å²) in [7, 11) is 3.85. The van der Waals surface area contributed by atoms with Gasteiger partial charge >= 0.3 is 0 Å². The summed E-state index contributed by atoms with van der Waals surface area (Å²) in [5.74, 6) is 0. The van der Waals surface area contributed by atoms with E-state index >= 15 is 0 Å². The first-order valence-corrected chi connectivity index (χ1v) is 9.22. The first-order valence-electron chi connectivity index (χ1n) is 5.99. The molecule has 0 aliphatic heterocycles. The van der Waals surface area contributed by atoms with Gasteiger partial charge in [0.1, 0.15) is 0 Å². The van der Waals surface area contributed by atoms with Crippen LogP contribution in [-0.4, -0.2) is 34.0 Å². The molecule has 0 aromatic heterocycles. The van der Waals surface area contributed by atoms with Crippen molar-refractivity contribution >= 4 is 44.0 Å². The van der Waals surface area contributed by atoms with Crippen molar-refractivity contribution in [1.82, 2.24) is 0 Å². The highest BCUT2D eigenvalue weighted by Crippen LogP contribution is 2.33. The van der Waals surface area contributed by atoms with Crippen LogP contribution in [0.2, 0.25) is 0 Å². The Kier molecular flexibility index (Phi) is 5.95. The molecule has 0 spiro atoms. The Labute approximate surface area is 135 Å². The molecule has 2 aromatic rings. The van der Waals surface area contributed by atoms with E-state index in [4.69, 9.17) is 12.5 Å². The van der Waals surface area contributed by atoms with Crippen LogP contribution in [0.5, 0.6) is 0 Å². The van der Waals surface area contributed by atoms with E-state index in [1.54, 1.807) is 24.3 Å². The summed E-state index contributed by atoms with van der Waals surface area (Å²) in [5.41, 5.74) is 0. The molecule has 2 aromatic carbocycles. The van der Waals surface area contributed by atoms with Gasteiger partial charge in [0.2, 0.25) is 0 Å². The fourth-order valence-electron chi connectivity index (χ4n) is 1.99. The summed E-state index contributed by atoms with van der Waals surface area (Å²) in [6, 6.07) is 8.31. The van der Waals surface area contributed by atoms with Crippen LogP contribution in [0.1, 0.15) is 0 Å². The van der Waals surface area contributed by atoms with Crippen LogP contribution < -0.4 is 0 Å². The third kappa shape index (κ3) is 3.19. The molecule has 3 atom stereocenters. The Hall–Kier alpha value is -0.970. The highest BCUT2D eigenvalue weighted by atomic mass is 32.2. The smallest absolute Gasteiger partial charge is 0.190 e. The molecular formula is C13H14O6S3. The number of benzene rings is 2. The van der Waals surface area contributed by atoms with E-state index in [0.717, 1.165) is 0 Å². The first kappa shape index (κ1) is 17.4. The predicted molar refractivity (Wildman–Crippen MR) is 84.2 cm³/mol. The summed E-state index contributed by atoms with van der Waals surface area (Å²) < 4.78 is 51.0. The van der Waals surface area contributed by atoms with Crippen LogP contribution in [0.15, 0.2) is 45.0 Å². The van der Waals surface area contributed by atoms with Crippen LogP contribution >= 0.6 is 0 Å². The van der Waals surface area contributed by atoms with Crippen LogP contribution in [0.3, 0.4) is 0 Å². The molecule has 0 saturated carbocycles. The van der Waals surface area contributed by atoms with Crippen LogP contribution in [0.4, 0.5) is 0 Å². The molecule has 0 bridgehead atoms. The zero-order valence-corrected chi connectivity index (χ0v) is 14.5. The minimum Gasteiger partial charge on any atom is -0.290 e. The zero-order valence-electron chi connectivity index (χ0n) is 12.1. The van der Waals surface area contributed by atoms with Crippen molar-refractivity contribution in [2.75, 3.05) is 21.3 Å². The van der Waals surface area contributed by atoms with Gasteiger partial charge in [0.05, 0.1) is 36.0 Å². The fraction of sp³-hybridized carbons (Fsp3) is 0.231. The normalized spacial score (nSPS) is 15.6. The van der Waals surface area contributed by atoms with Gasteiger partial charge in [-0.25, -0.2) is 12.6 Å². The van der Waals surface area contributed by atoms with Gasteiger partial charge in [-0.3, -0.25) is 12.5 Å². The van der Waals surface area contributed by atoms with Gasteiger partial charge in [-0.1, -0.05) is 24.3 Å². The van der Waals surface area contributed by atoms with Gasteiger partial charge in [-0.15, -0.1) is 0 Å². The maximum Gasteiger partial charge on any atom is 0.190 e. The van der Waals surface area contributed by atoms with Crippen LogP contribution in [0, 0.1) is 0 Å². The van der Waals surface area contributed by atoms with E-state index in [1.807, 2.05) is 0 Å².